The molecule has 0 saturated carbocycles. The van der Waals surface area contributed by atoms with Gasteiger partial charge in [-0.1, -0.05) is 6.07 Å². The molecular weight excluding hydrogens is 352 g/mol. The highest BCUT2D eigenvalue weighted by Gasteiger charge is 2.28. The van der Waals surface area contributed by atoms with Gasteiger partial charge in [0.05, 0.1) is 12.3 Å². The van der Waals surface area contributed by atoms with Crippen molar-refractivity contribution in [1.82, 2.24) is 4.57 Å². The van der Waals surface area contributed by atoms with E-state index in [1.807, 2.05) is 13.0 Å². The summed E-state index contributed by atoms with van der Waals surface area (Å²) in [5, 5.41) is 10.5. The van der Waals surface area contributed by atoms with E-state index in [1.54, 1.807) is 13.8 Å². The van der Waals surface area contributed by atoms with Gasteiger partial charge in [-0.25, -0.2) is 9.79 Å². The Hall–Kier alpha value is -3.08. The molecule has 1 aliphatic heterocycles. The lowest BCUT2D eigenvalue weighted by Gasteiger charge is -2.12. The van der Waals surface area contributed by atoms with Crippen LogP contribution in [0.1, 0.15) is 41.9 Å². The van der Waals surface area contributed by atoms with Crippen molar-refractivity contribution in [1.29, 1.82) is 0 Å². The lowest BCUT2D eigenvalue weighted by molar-refractivity contribution is -0.138. The highest BCUT2D eigenvalue weighted by molar-refractivity contribution is 6.22. The summed E-state index contributed by atoms with van der Waals surface area (Å²) in [4.78, 5) is 16.5. The summed E-state index contributed by atoms with van der Waals surface area (Å²) < 4.78 is 7.21. The zero-order chi connectivity index (χ0) is 20.6. The van der Waals surface area contributed by atoms with Crippen LogP contribution in [0, 0.1) is 27.7 Å². The molecule has 0 spiro atoms. The lowest BCUT2D eigenvalue weighted by atomic mass is 10.1. The molecule has 1 aromatic heterocycles. The number of hydrogen-bond donors (Lipinski definition) is 1. The Bertz CT molecular complexity index is 1030. The molecule has 0 amide bonds. The van der Waals surface area contributed by atoms with Gasteiger partial charge < -0.3 is 14.4 Å². The van der Waals surface area contributed by atoms with Crippen molar-refractivity contribution in [2.24, 2.45) is 4.99 Å². The van der Waals surface area contributed by atoms with E-state index in [4.69, 9.17) is 4.74 Å². The van der Waals surface area contributed by atoms with E-state index >= 15 is 0 Å². The zero-order valence-electron chi connectivity index (χ0n) is 17.3. The Morgan fingerprint density at radius 1 is 1.11 bits per heavy atom. The quantitative estimate of drug-likeness (QED) is 0.770. The van der Waals surface area contributed by atoms with E-state index in [0.717, 1.165) is 22.6 Å². The number of carbonyl (C=O) groups is 1. The second-order valence-electron chi connectivity index (χ2n) is 7.18. The third-order valence-electron chi connectivity index (χ3n) is 4.84. The maximum absolute atomic E-state index is 12.1. The number of hydrogen-bond acceptors (Lipinski definition) is 4. The van der Waals surface area contributed by atoms with Gasteiger partial charge >= 0.3 is 5.97 Å². The largest absolute Gasteiger partial charge is 0.505 e. The topological polar surface area (TPSA) is 63.8 Å². The molecule has 0 bridgehead atoms. The molecule has 3 rings (SSSR count). The van der Waals surface area contributed by atoms with Gasteiger partial charge in [-0.15, -0.1) is 0 Å². The monoisotopic (exact) mass is 378 g/mol. The minimum Gasteiger partial charge on any atom is -0.505 e. The number of aliphatic imine (C=N–C) groups is 1. The molecule has 0 atom stereocenters. The molecular formula is C23H26N2O3. The third kappa shape index (κ3) is 3.52. The van der Waals surface area contributed by atoms with Gasteiger partial charge in [0, 0.05) is 17.1 Å². The molecule has 5 heteroatoms. The number of rotatable bonds is 4. The average Bonchev–Trinajstić information content (AvgIpc) is 3.02. The molecule has 0 saturated heterocycles. The molecule has 28 heavy (non-hydrogen) atoms. The Balaban J connectivity index is 2.06. The molecule has 1 aromatic carbocycles. The first-order valence-electron chi connectivity index (χ1n) is 9.38. The first-order valence-corrected chi connectivity index (χ1v) is 9.38. The SMILES string of the molecule is CCOC(=O)C1=C(O)C(=Cc2cc(C)n(-c3cc(C)cc(C)c3)c2C)N=C1C. The number of aliphatic hydroxyl groups is 1. The number of ether oxygens (including phenoxy) is 1. The fourth-order valence-corrected chi connectivity index (χ4v) is 3.70. The van der Waals surface area contributed by atoms with Gasteiger partial charge in [0.25, 0.3) is 0 Å². The van der Waals surface area contributed by atoms with Gasteiger partial charge in [0.15, 0.2) is 5.76 Å². The van der Waals surface area contributed by atoms with E-state index in [-0.39, 0.29) is 17.9 Å². The van der Waals surface area contributed by atoms with E-state index in [2.05, 4.69) is 54.6 Å². The van der Waals surface area contributed by atoms with Crippen LogP contribution in [-0.2, 0) is 9.53 Å². The first-order chi connectivity index (χ1) is 13.2. The Morgan fingerprint density at radius 2 is 1.75 bits per heavy atom. The van der Waals surface area contributed by atoms with Gasteiger partial charge in [-0.05, 0) is 82.5 Å². The zero-order valence-corrected chi connectivity index (χ0v) is 17.3. The van der Waals surface area contributed by atoms with E-state index in [9.17, 15) is 9.90 Å². The van der Waals surface area contributed by atoms with E-state index in [1.165, 1.54) is 11.1 Å². The van der Waals surface area contributed by atoms with Crippen LogP contribution in [0.3, 0.4) is 0 Å². The first kappa shape index (κ1) is 19.7. The molecule has 0 aliphatic carbocycles. The number of aromatic nitrogens is 1. The van der Waals surface area contributed by atoms with Crippen LogP contribution in [0.5, 0.6) is 0 Å². The van der Waals surface area contributed by atoms with Crippen molar-refractivity contribution < 1.29 is 14.6 Å². The molecule has 0 radical (unpaired) electrons. The Kier molecular flexibility index (Phi) is 5.27. The number of benzene rings is 1. The van der Waals surface area contributed by atoms with E-state index in [0.29, 0.717) is 11.4 Å². The predicted molar refractivity (Wildman–Crippen MR) is 112 cm³/mol. The summed E-state index contributed by atoms with van der Waals surface area (Å²) >= 11 is 0. The molecule has 1 aliphatic rings. The molecule has 0 unspecified atom stereocenters. The number of aryl methyl sites for hydroxylation is 3. The number of nitrogens with zero attached hydrogens (tertiary/aromatic N) is 2. The maximum atomic E-state index is 12.1. The second-order valence-corrected chi connectivity index (χ2v) is 7.18. The smallest absolute Gasteiger partial charge is 0.343 e. The fourth-order valence-electron chi connectivity index (χ4n) is 3.70. The van der Waals surface area contributed by atoms with Crippen molar-refractivity contribution in [3.63, 3.8) is 0 Å². The summed E-state index contributed by atoms with van der Waals surface area (Å²) in [6.45, 7) is 11.9. The van der Waals surface area contributed by atoms with Crippen LogP contribution >= 0.6 is 0 Å². The lowest BCUT2D eigenvalue weighted by Crippen LogP contribution is -2.13. The van der Waals surface area contributed by atoms with Crippen LogP contribution in [0.4, 0.5) is 0 Å². The van der Waals surface area contributed by atoms with Crippen LogP contribution < -0.4 is 0 Å². The van der Waals surface area contributed by atoms with Gasteiger partial charge in [-0.2, -0.15) is 0 Å². The normalized spacial score (nSPS) is 15.4. The summed E-state index contributed by atoms with van der Waals surface area (Å²) in [7, 11) is 0. The average molecular weight is 378 g/mol. The second kappa shape index (κ2) is 7.50. The summed E-state index contributed by atoms with van der Waals surface area (Å²) in [5.74, 6) is -0.683. The standard InChI is InChI=1S/C23H26N2O3/c1-7-28-23(27)21-16(5)24-20(22(21)26)12-18-11-15(4)25(17(18)6)19-9-13(2)8-14(3)10-19/h8-12,26H,7H2,1-6H3. The minimum atomic E-state index is -0.551. The van der Waals surface area contributed by atoms with Crippen LogP contribution in [0.2, 0.25) is 0 Å². The summed E-state index contributed by atoms with van der Waals surface area (Å²) in [5.41, 5.74) is 7.57. The highest BCUT2D eigenvalue weighted by atomic mass is 16.5. The molecule has 2 aromatic rings. The van der Waals surface area contributed by atoms with Crippen molar-refractivity contribution in [2.45, 2.75) is 41.5 Å². The Labute approximate surface area is 165 Å². The van der Waals surface area contributed by atoms with Gasteiger partial charge in [-0.3, -0.25) is 0 Å². The molecule has 0 fully saturated rings. The summed E-state index contributed by atoms with van der Waals surface area (Å²) in [6.07, 6.45) is 1.81. The Morgan fingerprint density at radius 3 is 2.36 bits per heavy atom. The molecule has 146 valence electrons. The van der Waals surface area contributed by atoms with Crippen molar-refractivity contribution in [3.8, 4) is 5.69 Å². The maximum Gasteiger partial charge on any atom is 0.343 e. The van der Waals surface area contributed by atoms with Crippen molar-refractivity contribution in [2.75, 3.05) is 6.61 Å². The number of aliphatic hydroxyl groups excluding tert-OH is 1. The molecule has 5 nitrogen and oxygen atoms in total. The van der Waals surface area contributed by atoms with E-state index < -0.39 is 5.97 Å². The van der Waals surface area contributed by atoms with Crippen molar-refractivity contribution >= 4 is 17.8 Å². The highest BCUT2D eigenvalue weighted by Crippen LogP contribution is 2.29. The van der Waals surface area contributed by atoms with Crippen LogP contribution in [0.15, 0.2) is 46.3 Å². The number of carbonyl (C=O) groups excluding carboxylic acids is 1. The number of esters is 1. The summed E-state index contributed by atoms with van der Waals surface area (Å²) in [6, 6.07) is 8.51. The van der Waals surface area contributed by atoms with Gasteiger partial charge in [0.2, 0.25) is 0 Å². The van der Waals surface area contributed by atoms with Crippen molar-refractivity contribution in [3.05, 3.63) is 69.4 Å². The van der Waals surface area contributed by atoms with Crippen LogP contribution in [-0.4, -0.2) is 28.0 Å². The fraction of sp³-hybridized carbons (Fsp3) is 0.304. The third-order valence-corrected chi connectivity index (χ3v) is 4.84. The predicted octanol–water partition coefficient (Wildman–Crippen LogP) is 4.90. The minimum absolute atomic E-state index is 0.132. The van der Waals surface area contributed by atoms with Gasteiger partial charge in [0.1, 0.15) is 11.3 Å². The molecule has 1 N–H and O–H groups in total. The molecule has 2 heterocycles. The van der Waals surface area contributed by atoms with Crippen LogP contribution in [0.25, 0.3) is 11.8 Å².